The summed E-state index contributed by atoms with van der Waals surface area (Å²) in [7, 11) is 1.65. The van der Waals surface area contributed by atoms with Crippen LogP contribution in [-0.4, -0.2) is 42.3 Å². The maximum atomic E-state index is 12.3. The van der Waals surface area contributed by atoms with E-state index in [0.29, 0.717) is 13.2 Å². The summed E-state index contributed by atoms with van der Waals surface area (Å²) in [6.45, 7) is 3.67. The minimum Gasteiger partial charge on any atom is -0.393 e. The maximum absolute atomic E-state index is 12.3. The number of hydrogen-bond acceptors (Lipinski definition) is 3. The lowest BCUT2D eigenvalue weighted by molar-refractivity contribution is 0.0766. The number of ether oxygens (including phenoxy) is 1. The molecule has 0 spiro atoms. The van der Waals surface area contributed by atoms with Crippen LogP contribution in [0.5, 0.6) is 0 Å². The molecule has 1 aliphatic rings. The molecule has 1 fully saturated rings. The van der Waals surface area contributed by atoms with Gasteiger partial charge in [-0.3, -0.25) is 0 Å². The monoisotopic (exact) mass is 292 g/mol. The molecule has 1 aromatic carbocycles. The van der Waals surface area contributed by atoms with Gasteiger partial charge in [-0.25, -0.2) is 4.79 Å². The molecule has 2 N–H and O–H groups in total. The van der Waals surface area contributed by atoms with Gasteiger partial charge < -0.3 is 20.1 Å². The van der Waals surface area contributed by atoms with Crippen molar-refractivity contribution < 1.29 is 14.6 Å². The standard InChI is InChI=1S/C16H24N2O3/c1-12(19)14-6-4-8-18(10-14)16(20)17-15-7-3-5-13(9-15)11-21-2/h3,5,7,9,12,14,19H,4,6,8,10-11H2,1-2H3,(H,17,20). The Kier molecular flexibility index (Phi) is 5.59. The number of anilines is 1. The Hall–Kier alpha value is -1.59. The zero-order valence-electron chi connectivity index (χ0n) is 12.7. The van der Waals surface area contributed by atoms with Crippen LogP contribution < -0.4 is 5.32 Å². The van der Waals surface area contributed by atoms with E-state index in [4.69, 9.17) is 4.74 Å². The lowest BCUT2D eigenvalue weighted by Gasteiger charge is -2.34. The first-order valence-corrected chi connectivity index (χ1v) is 7.42. The van der Waals surface area contributed by atoms with Crippen LogP contribution in [0.2, 0.25) is 0 Å². The predicted octanol–water partition coefficient (Wildman–Crippen LogP) is 2.46. The van der Waals surface area contributed by atoms with Gasteiger partial charge in [0, 0.05) is 31.8 Å². The molecule has 2 rings (SSSR count). The zero-order valence-corrected chi connectivity index (χ0v) is 12.7. The number of likely N-dealkylation sites (tertiary alicyclic amines) is 1. The molecule has 1 saturated heterocycles. The normalized spacial score (nSPS) is 20.1. The van der Waals surface area contributed by atoms with Gasteiger partial charge in [0.25, 0.3) is 0 Å². The van der Waals surface area contributed by atoms with Crippen LogP contribution in [0.4, 0.5) is 10.5 Å². The Labute approximate surface area is 125 Å². The number of aliphatic hydroxyl groups excluding tert-OH is 1. The van der Waals surface area contributed by atoms with E-state index in [2.05, 4.69) is 5.32 Å². The summed E-state index contributed by atoms with van der Waals surface area (Å²) in [4.78, 5) is 14.1. The summed E-state index contributed by atoms with van der Waals surface area (Å²) in [6.07, 6.45) is 1.54. The first kappa shape index (κ1) is 15.8. The van der Waals surface area contributed by atoms with Crippen LogP contribution in [-0.2, 0) is 11.3 Å². The summed E-state index contributed by atoms with van der Waals surface area (Å²) in [5.74, 6) is 0.171. The third-order valence-electron chi connectivity index (χ3n) is 3.92. The summed E-state index contributed by atoms with van der Waals surface area (Å²) < 4.78 is 5.09. The van der Waals surface area contributed by atoms with E-state index in [1.165, 1.54) is 0 Å². The molecule has 5 heteroatoms. The quantitative estimate of drug-likeness (QED) is 0.896. The molecule has 1 aromatic rings. The molecule has 0 aromatic heterocycles. The highest BCUT2D eigenvalue weighted by atomic mass is 16.5. The van der Waals surface area contributed by atoms with Crippen molar-refractivity contribution in [3.8, 4) is 0 Å². The number of nitrogens with one attached hydrogen (secondary N) is 1. The van der Waals surface area contributed by atoms with Crippen molar-refractivity contribution in [3.05, 3.63) is 29.8 Å². The van der Waals surface area contributed by atoms with Gasteiger partial charge in [-0.05, 0) is 37.5 Å². The topological polar surface area (TPSA) is 61.8 Å². The molecule has 0 radical (unpaired) electrons. The van der Waals surface area contributed by atoms with Gasteiger partial charge in [-0.1, -0.05) is 12.1 Å². The Balaban J connectivity index is 1.96. The first-order valence-electron chi connectivity index (χ1n) is 7.42. The fourth-order valence-corrected chi connectivity index (χ4v) is 2.70. The SMILES string of the molecule is COCc1cccc(NC(=O)N2CCCC(C(C)O)C2)c1. The van der Waals surface area contributed by atoms with Crippen LogP contribution in [0.15, 0.2) is 24.3 Å². The lowest BCUT2D eigenvalue weighted by Crippen LogP contribution is -2.44. The van der Waals surface area contributed by atoms with E-state index >= 15 is 0 Å². The second kappa shape index (κ2) is 7.43. The maximum Gasteiger partial charge on any atom is 0.321 e. The Morgan fingerprint density at radius 1 is 1.57 bits per heavy atom. The molecule has 2 unspecified atom stereocenters. The molecular formula is C16H24N2O3. The fraction of sp³-hybridized carbons (Fsp3) is 0.562. The van der Waals surface area contributed by atoms with Gasteiger partial charge in [-0.15, -0.1) is 0 Å². The van der Waals surface area contributed by atoms with Crippen molar-refractivity contribution in [3.63, 3.8) is 0 Å². The van der Waals surface area contributed by atoms with Gasteiger partial charge in [0.05, 0.1) is 12.7 Å². The van der Waals surface area contributed by atoms with Crippen molar-refractivity contribution in [2.75, 3.05) is 25.5 Å². The van der Waals surface area contributed by atoms with E-state index in [1.807, 2.05) is 24.3 Å². The molecule has 1 aliphatic heterocycles. The smallest absolute Gasteiger partial charge is 0.321 e. The molecule has 2 amide bonds. The van der Waals surface area contributed by atoms with E-state index in [9.17, 15) is 9.90 Å². The van der Waals surface area contributed by atoms with Gasteiger partial charge in [0.2, 0.25) is 0 Å². The van der Waals surface area contributed by atoms with Crippen LogP contribution in [0, 0.1) is 5.92 Å². The van der Waals surface area contributed by atoms with Gasteiger partial charge in [-0.2, -0.15) is 0 Å². The van der Waals surface area contributed by atoms with Crippen molar-refractivity contribution >= 4 is 11.7 Å². The van der Waals surface area contributed by atoms with Crippen LogP contribution in [0.3, 0.4) is 0 Å². The van der Waals surface area contributed by atoms with Crippen molar-refractivity contribution in [1.29, 1.82) is 0 Å². The average molecular weight is 292 g/mol. The fourth-order valence-electron chi connectivity index (χ4n) is 2.70. The van der Waals surface area contributed by atoms with Crippen LogP contribution >= 0.6 is 0 Å². The lowest BCUT2D eigenvalue weighted by atomic mass is 9.94. The van der Waals surface area contributed by atoms with Crippen molar-refractivity contribution in [2.45, 2.75) is 32.5 Å². The second-order valence-corrected chi connectivity index (χ2v) is 5.65. The number of carbonyl (C=O) groups is 1. The van der Waals surface area contributed by atoms with E-state index < -0.39 is 0 Å². The molecule has 21 heavy (non-hydrogen) atoms. The van der Waals surface area contributed by atoms with E-state index in [1.54, 1.807) is 18.9 Å². The number of hydrogen-bond donors (Lipinski definition) is 2. The molecule has 2 atom stereocenters. The summed E-state index contributed by atoms with van der Waals surface area (Å²) in [5.41, 5.74) is 1.80. The Bertz CT molecular complexity index is 476. The number of aliphatic hydroxyl groups is 1. The number of methoxy groups -OCH3 is 1. The second-order valence-electron chi connectivity index (χ2n) is 5.65. The van der Waals surface area contributed by atoms with E-state index in [0.717, 1.165) is 30.6 Å². The number of amides is 2. The summed E-state index contributed by atoms with van der Waals surface area (Å²) in [6, 6.07) is 7.54. The third-order valence-corrected chi connectivity index (χ3v) is 3.92. The van der Waals surface area contributed by atoms with Crippen molar-refractivity contribution in [1.82, 2.24) is 4.90 Å². The first-order chi connectivity index (χ1) is 10.1. The van der Waals surface area contributed by atoms with Crippen LogP contribution in [0.1, 0.15) is 25.3 Å². The number of piperidine rings is 1. The minimum atomic E-state index is -0.370. The van der Waals surface area contributed by atoms with Crippen LogP contribution in [0.25, 0.3) is 0 Å². The third kappa shape index (κ3) is 4.44. The summed E-state index contributed by atoms with van der Waals surface area (Å²) >= 11 is 0. The molecule has 0 saturated carbocycles. The number of urea groups is 1. The predicted molar refractivity (Wildman–Crippen MR) is 82.2 cm³/mol. The van der Waals surface area contributed by atoms with Gasteiger partial charge >= 0.3 is 6.03 Å². The molecular weight excluding hydrogens is 268 g/mol. The molecule has 0 bridgehead atoms. The zero-order chi connectivity index (χ0) is 15.2. The van der Waals surface area contributed by atoms with Gasteiger partial charge in [0.15, 0.2) is 0 Å². The summed E-state index contributed by atoms with van der Waals surface area (Å²) in [5, 5.41) is 12.6. The highest BCUT2D eigenvalue weighted by molar-refractivity contribution is 5.89. The minimum absolute atomic E-state index is 0.102. The Morgan fingerprint density at radius 2 is 2.38 bits per heavy atom. The highest BCUT2D eigenvalue weighted by Crippen LogP contribution is 2.21. The average Bonchev–Trinajstić information content (AvgIpc) is 2.48. The highest BCUT2D eigenvalue weighted by Gasteiger charge is 2.26. The van der Waals surface area contributed by atoms with Gasteiger partial charge in [0.1, 0.15) is 0 Å². The van der Waals surface area contributed by atoms with E-state index in [-0.39, 0.29) is 18.1 Å². The number of benzene rings is 1. The van der Waals surface area contributed by atoms with Crippen molar-refractivity contribution in [2.24, 2.45) is 5.92 Å². The Morgan fingerprint density at radius 3 is 3.10 bits per heavy atom. The molecule has 5 nitrogen and oxygen atoms in total. The molecule has 116 valence electrons. The number of carbonyl (C=O) groups excluding carboxylic acids is 1. The molecule has 0 aliphatic carbocycles. The molecule has 1 heterocycles. The largest absolute Gasteiger partial charge is 0.393 e. The number of rotatable bonds is 4. The number of nitrogens with zero attached hydrogens (tertiary/aromatic N) is 1.